The van der Waals surface area contributed by atoms with Gasteiger partial charge in [0.05, 0.1) is 12.1 Å². The molecule has 2 rings (SSSR count). The number of rotatable bonds is 5. The Balaban J connectivity index is 2.10. The molecule has 19 heavy (non-hydrogen) atoms. The van der Waals surface area contributed by atoms with Gasteiger partial charge in [-0.2, -0.15) is 0 Å². The first kappa shape index (κ1) is 14.5. The van der Waals surface area contributed by atoms with Gasteiger partial charge in [-0.1, -0.05) is 45.0 Å². The van der Waals surface area contributed by atoms with Crippen molar-refractivity contribution in [3.8, 4) is 0 Å². The number of hydrogen-bond acceptors (Lipinski definition) is 2. The lowest BCUT2D eigenvalue weighted by atomic mass is 9.79. The summed E-state index contributed by atoms with van der Waals surface area (Å²) >= 11 is 0. The van der Waals surface area contributed by atoms with E-state index in [1.165, 1.54) is 11.1 Å². The summed E-state index contributed by atoms with van der Waals surface area (Å²) in [6, 6.07) is 9.10. The Hall–Kier alpha value is -0.860. The van der Waals surface area contributed by atoms with Crippen LogP contribution in [0.15, 0.2) is 24.3 Å². The van der Waals surface area contributed by atoms with Crippen molar-refractivity contribution >= 4 is 0 Å². The van der Waals surface area contributed by atoms with E-state index in [0.29, 0.717) is 24.0 Å². The monoisotopic (exact) mass is 261 g/mol. The minimum Gasteiger partial charge on any atom is -0.376 e. The molecule has 0 bridgehead atoms. The molecule has 0 saturated heterocycles. The van der Waals surface area contributed by atoms with Crippen LogP contribution in [0.25, 0.3) is 0 Å². The highest BCUT2D eigenvalue weighted by molar-refractivity contribution is 5.36. The summed E-state index contributed by atoms with van der Waals surface area (Å²) in [5, 5.41) is 3.44. The van der Waals surface area contributed by atoms with Crippen LogP contribution in [-0.4, -0.2) is 19.8 Å². The summed E-state index contributed by atoms with van der Waals surface area (Å²) < 4.78 is 6.16. The molecule has 0 heterocycles. The molecule has 2 nitrogen and oxygen atoms in total. The Morgan fingerprint density at radius 3 is 2.58 bits per heavy atom. The maximum absolute atomic E-state index is 6.16. The van der Waals surface area contributed by atoms with Gasteiger partial charge in [0.1, 0.15) is 0 Å². The predicted molar refractivity (Wildman–Crippen MR) is 80.5 cm³/mol. The van der Waals surface area contributed by atoms with E-state index >= 15 is 0 Å². The Labute approximate surface area is 117 Å². The minimum absolute atomic E-state index is 0.300. The van der Waals surface area contributed by atoms with Crippen molar-refractivity contribution < 1.29 is 4.74 Å². The number of hydrogen-bond donors (Lipinski definition) is 1. The van der Waals surface area contributed by atoms with E-state index in [1.807, 2.05) is 7.05 Å². The van der Waals surface area contributed by atoms with Gasteiger partial charge in [0, 0.05) is 6.61 Å². The maximum atomic E-state index is 6.16. The van der Waals surface area contributed by atoms with E-state index in [2.05, 4.69) is 50.4 Å². The first-order valence-electron chi connectivity index (χ1n) is 7.51. The average Bonchev–Trinajstić information content (AvgIpc) is 2.39. The van der Waals surface area contributed by atoms with Crippen LogP contribution < -0.4 is 5.32 Å². The van der Waals surface area contributed by atoms with Gasteiger partial charge >= 0.3 is 0 Å². The standard InChI is InChI=1S/C17H27NO/c1-12(2)9-10-19-16-11-13(3)14-7-5-6-8-15(14)17(16)18-4/h5-8,12-13,16-18H,9-11H2,1-4H3. The highest BCUT2D eigenvalue weighted by Crippen LogP contribution is 2.38. The van der Waals surface area contributed by atoms with Crippen LogP contribution in [0.4, 0.5) is 0 Å². The van der Waals surface area contributed by atoms with Gasteiger partial charge in [-0.05, 0) is 42.9 Å². The molecule has 3 unspecified atom stereocenters. The molecular formula is C17H27NO. The zero-order valence-corrected chi connectivity index (χ0v) is 12.6. The Bertz CT molecular complexity index is 402. The van der Waals surface area contributed by atoms with Crippen LogP contribution in [0.3, 0.4) is 0 Å². The van der Waals surface area contributed by atoms with E-state index in [4.69, 9.17) is 4.74 Å². The summed E-state index contributed by atoms with van der Waals surface area (Å²) in [6.45, 7) is 7.67. The smallest absolute Gasteiger partial charge is 0.0775 e. The molecule has 1 aromatic carbocycles. The molecule has 0 aromatic heterocycles. The number of benzene rings is 1. The lowest BCUT2D eigenvalue weighted by molar-refractivity contribution is 0.00769. The molecule has 0 spiro atoms. The van der Waals surface area contributed by atoms with E-state index in [0.717, 1.165) is 19.4 Å². The number of likely N-dealkylation sites (N-methyl/N-ethyl adjacent to an activating group) is 1. The molecule has 1 aromatic rings. The van der Waals surface area contributed by atoms with E-state index in [1.54, 1.807) is 0 Å². The predicted octanol–water partition coefficient (Wildman–Crippen LogP) is 3.89. The fourth-order valence-corrected chi connectivity index (χ4v) is 3.02. The second-order valence-corrected chi connectivity index (χ2v) is 6.12. The van der Waals surface area contributed by atoms with Crippen LogP contribution in [0.1, 0.15) is 56.7 Å². The first-order valence-corrected chi connectivity index (χ1v) is 7.51. The van der Waals surface area contributed by atoms with Gasteiger partial charge in [0.15, 0.2) is 0 Å². The van der Waals surface area contributed by atoms with Crippen molar-refractivity contribution in [1.82, 2.24) is 5.32 Å². The van der Waals surface area contributed by atoms with Gasteiger partial charge in [0.25, 0.3) is 0 Å². The third-order valence-electron chi connectivity index (χ3n) is 4.16. The van der Waals surface area contributed by atoms with Gasteiger partial charge in [-0.15, -0.1) is 0 Å². The highest BCUT2D eigenvalue weighted by atomic mass is 16.5. The molecule has 2 heteroatoms. The molecule has 3 atom stereocenters. The number of ether oxygens (including phenoxy) is 1. The molecular weight excluding hydrogens is 234 g/mol. The summed E-state index contributed by atoms with van der Waals surface area (Å²) in [6.07, 6.45) is 2.55. The number of nitrogens with one attached hydrogen (secondary N) is 1. The Kier molecular flexibility index (Phi) is 5.00. The fourth-order valence-electron chi connectivity index (χ4n) is 3.02. The highest BCUT2D eigenvalue weighted by Gasteiger charge is 2.32. The van der Waals surface area contributed by atoms with E-state index in [9.17, 15) is 0 Å². The third kappa shape index (κ3) is 3.37. The Morgan fingerprint density at radius 1 is 1.26 bits per heavy atom. The molecule has 106 valence electrons. The summed E-state index contributed by atoms with van der Waals surface area (Å²) in [4.78, 5) is 0. The summed E-state index contributed by atoms with van der Waals surface area (Å²) in [5.74, 6) is 1.30. The molecule has 1 N–H and O–H groups in total. The van der Waals surface area contributed by atoms with Crippen LogP contribution in [0, 0.1) is 5.92 Å². The average molecular weight is 261 g/mol. The van der Waals surface area contributed by atoms with Crippen molar-refractivity contribution in [1.29, 1.82) is 0 Å². The molecule has 0 fully saturated rings. The lowest BCUT2D eigenvalue weighted by Crippen LogP contribution is -2.37. The second kappa shape index (κ2) is 6.53. The normalized spacial score (nSPS) is 26.5. The fraction of sp³-hybridized carbons (Fsp3) is 0.647. The minimum atomic E-state index is 0.300. The maximum Gasteiger partial charge on any atom is 0.0775 e. The van der Waals surface area contributed by atoms with Crippen LogP contribution in [-0.2, 0) is 4.74 Å². The largest absolute Gasteiger partial charge is 0.376 e. The molecule has 0 amide bonds. The van der Waals surface area contributed by atoms with Crippen molar-refractivity contribution in [2.45, 2.75) is 51.7 Å². The van der Waals surface area contributed by atoms with Crippen LogP contribution in [0.5, 0.6) is 0 Å². The van der Waals surface area contributed by atoms with E-state index in [-0.39, 0.29) is 0 Å². The van der Waals surface area contributed by atoms with Gasteiger partial charge in [-0.3, -0.25) is 0 Å². The molecule has 1 aliphatic carbocycles. The van der Waals surface area contributed by atoms with Crippen molar-refractivity contribution in [2.24, 2.45) is 5.92 Å². The van der Waals surface area contributed by atoms with Gasteiger partial charge < -0.3 is 10.1 Å². The molecule has 0 aliphatic heterocycles. The summed E-state index contributed by atoms with van der Waals surface area (Å²) in [7, 11) is 2.04. The second-order valence-electron chi connectivity index (χ2n) is 6.12. The summed E-state index contributed by atoms with van der Waals surface area (Å²) in [5.41, 5.74) is 2.89. The SMILES string of the molecule is CNC1c2ccccc2C(C)CC1OCCC(C)C. The molecule has 1 aliphatic rings. The molecule has 0 radical (unpaired) electrons. The topological polar surface area (TPSA) is 21.3 Å². The molecule has 0 saturated carbocycles. The zero-order chi connectivity index (χ0) is 13.8. The first-order chi connectivity index (χ1) is 9.13. The van der Waals surface area contributed by atoms with Crippen molar-refractivity contribution in [3.05, 3.63) is 35.4 Å². The van der Waals surface area contributed by atoms with Gasteiger partial charge in [-0.25, -0.2) is 0 Å². The van der Waals surface area contributed by atoms with Crippen molar-refractivity contribution in [3.63, 3.8) is 0 Å². The number of fused-ring (bicyclic) bond motifs is 1. The quantitative estimate of drug-likeness (QED) is 0.868. The van der Waals surface area contributed by atoms with Crippen molar-refractivity contribution in [2.75, 3.05) is 13.7 Å². The lowest BCUT2D eigenvalue weighted by Gasteiger charge is -2.36. The third-order valence-corrected chi connectivity index (χ3v) is 4.16. The van der Waals surface area contributed by atoms with E-state index < -0.39 is 0 Å². The van der Waals surface area contributed by atoms with Gasteiger partial charge in [0.2, 0.25) is 0 Å². The Morgan fingerprint density at radius 2 is 1.95 bits per heavy atom. The van der Waals surface area contributed by atoms with Crippen LogP contribution >= 0.6 is 0 Å². The zero-order valence-electron chi connectivity index (χ0n) is 12.6. The van der Waals surface area contributed by atoms with Crippen LogP contribution in [0.2, 0.25) is 0 Å².